The number of benzene rings is 2. The highest BCUT2D eigenvalue weighted by atomic mass is 19.1. The van der Waals surface area contributed by atoms with Crippen molar-refractivity contribution >= 4 is 23.4 Å². The van der Waals surface area contributed by atoms with Gasteiger partial charge in [-0.25, -0.2) is 9.29 Å². The lowest BCUT2D eigenvalue weighted by atomic mass is 10.0. The number of hydrogen-bond acceptors (Lipinski definition) is 4. The van der Waals surface area contributed by atoms with Gasteiger partial charge in [0, 0.05) is 24.7 Å². The maximum absolute atomic E-state index is 13.1. The molecule has 0 spiro atoms. The third-order valence-corrected chi connectivity index (χ3v) is 5.47. The Morgan fingerprint density at radius 3 is 2.28 bits per heavy atom. The van der Waals surface area contributed by atoms with E-state index >= 15 is 0 Å². The number of anilines is 1. The lowest BCUT2D eigenvalue weighted by Crippen LogP contribution is -2.49. The minimum atomic E-state index is -0.589. The molecule has 2 aromatic carbocycles. The van der Waals surface area contributed by atoms with Gasteiger partial charge in [-0.2, -0.15) is 0 Å². The molecule has 2 heterocycles. The van der Waals surface area contributed by atoms with E-state index < -0.39 is 11.9 Å². The van der Waals surface area contributed by atoms with Crippen molar-refractivity contribution in [2.45, 2.75) is 31.3 Å². The van der Waals surface area contributed by atoms with Gasteiger partial charge in [-0.3, -0.25) is 14.4 Å². The number of carbonyl (C=O) groups is 3. The van der Waals surface area contributed by atoms with E-state index in [9.17, 15) is 18.8 Å². The molecule has 0 radical (unpaired) electrons. The molecule has 0 aliphatic carbocycles. The van der Waals surface area contributed by atoms with Crippen LogP contribution in [0.15, 0.2) is 54.6 Å². The molecule has 0 aromatic heterocycles. The summed E-state index contributed by atoms with van der Waals surface area (Å²) in [7, 11) is 0. The van der Waals surface area contributed by atoms with Crippen LogP contribution in [0.5, 0.6) is 0 Å². The molecule has 1 N–H and O–H groups in total. The third kappa shape index (κ3) is 4.05. The first-order chi connectivity index (χ1) is 14.0. The summed E-state index contributed by atoms with van der Waals surface area (Å²) in [6, 6.07) is 14.0. The maximum atomic E-state index is 13.1. The van der Waals surface area contributed by atoms with Gasteiger partial charge in [-0.1, -0.05) is 18.2 Å². The van der Waals surface area contributed by atoms with Gasteiger partial charge < -0.3 is 10.2 Å². The number of nitrogens with zero attached hydrogens (tertiary/aromatic N) is 2. The molecule has 29 heavy (non-hydrogen) atoms. The number of imide groups is 1. The van der Waals surface area contributed by atoms with Gasteiger partial charge in [0.15, 0.2) is 0 Å². The second-order valence-electron chi connectivity index (χ2n) is 7.40. The van der Waals surface area contributed by atoms with Crippen molar-refractivity contribution in [1.82, 2.24) is 10.2 Å². The number of amides is 3. The van der Waals surface area contributed by atoms with Crippen LogP contribution in [0.1, 0.15) is 29.6 Å². The Hall–Kier alpha value is -3.06. The summed E-state index contributed by atoms with van der Waals surface area (Å²) in [5, 5.41) is 3.28. The van der Waals surface area contributed by atoms with E-state index in [-0.39, 0.29) is 30.2 Å². The highest BCUT2D eigenvalue weighted by molar-refractivity contribution is 6.22. The largest absolute Gasteiger partial charge is 0.339 e. The predicted molar refractivity (Wildman–Crippen MR) is 106 cm³/mol. The predicted octanol–water partition coefficient (Wildman–Crippen LogP) is 2.35. The summed E-state index contributed by atoms with van der Waals surface area (Å²) in [5.41, 5.74) is 1.05. The zero-order valence-corrected chi connectivity index (χ0v) is 15.9. The Bertz CT molecular complexity index is 909. The van der Waals surface area contributed by atoms with Gasteiger partial charge >= 0.3 is 0 Å². The highest BCUT2D eigenvalue weighted by Gasteiger charge is 2.40. The van der Waals surface area contributed by atoms with Crippen LogP contribution in [0.3, 0.4) is 0 Å². The Labute approximate surface area is 168 Å². The molecule has 4 rings (SSSR count). The number of piperidine rings is 1. The molecular weight excluding hydrogens is 373 g/mol. The number of hydrogen-bond donors (Lipinski definition) is 1. The molecule has 0 unspecified atom stereocenters. The van der Waals surface area contributed by atoms with E-state index in [0.29, 0.717) is 37.2 Å². The number of rotatable bonds is 4. The number of halogens is 1. The Kier molecular flexibility index (Phi) is 5.40. The minimum Gasteiger partial charge on any atom is -0.339 e. The van der Waals surface area contributed by atoms with Crippen molar-refractivity contribution in [2.24, 2.45) is 0 Å². The second-order valence-corrected chi connectivity index (χ2v) is 7.40. The molecule has 6 nitrogen and oxygen atoms in total. The fraction of sp³-hybridized carbons (Fsp3) is 0.318. The standard InChI is InChI=1S/C22H22FN3O3/c23-16-6-8-18(9-7-16)26-20(27)14-19(22(26)29)24-17-10-12-25(13-11-17)21(28)15-4-2-1-3-5-15/h1-9,17,19,24H,10-14H2/t19-/m0/s1. The lowest BCUT2D eigenvalue weighted by Gasteiger charge is -2.33. The average molecular weight is 395 g/mol. The van der Waals surface area contributed by atoms with E-state index in [1.807, 2.05) is 23.1 Å². The average Bonchev–Trinajstić information content (AvgIpc) is 3.02. The second kappa shape index (κ2) is 8.13. The van der Waals surface area contributed by atoms with Crippen molar-refractivity contribution in [3.63, 3.8) is 0 Å². The molecule has 2 aliphatic rings. The normalized spacial score (nSPS) is 20.4. The van der Waals surface area contributed by atoms with Gasteiger partial charge in [0.05, 0.1) is 18.2 Å². The summed E-state index contributed by atoms with van der Waals surface area (Å²) < 4.78 is 13.1. The highest BCUT2D eigenvalue weighted by Crippen LogP contribution is 2.24. The third-order valence-electron chi connectivity index (χ3n) is 5.47. The van der Waals surface area contributed by atoms with Gasteiger partial charge in [-0.15, -0.1) is 0 Å². The van der Waals surface area contributed by atoms with Crippen molar-refractivity contribution in [1.29, 1.82) is 0 Å². The Balaban J connectivity index is 1.34. The minimum absolute atomic E-state index is 0.0126. The summed E-state index contributed by atoms with van der Waals surface area (Å²) in [6.45, 7) is 1.20. The van der Waals surface area contributed by atoms with Crippen LogP contribution in [0.25, 0.3) is 0 Å². The van der Waals surface area contributed by atoms with E-state index in [4.69, 9.17) is 0 Å². The van der Waals surface area contributed by atoms with E-state index in [1.165, 1.54) is 24.3 Å². The molecule has 150 valence electrons. The number of likely N-dealkylation sites (tertiary alicyclic amines) is 1. The molecule has 3 amide bonds. The van der Waals surface area contributed by atoms with Crippen LogP contribution in [-0.4, -0.2) is 47.8 Å². The first kappa shape index (κ1) is 19.3. The van der Waals surface area contributed by atoms with Gasteiger partial charge in [0.1, 0.15) is 5.82 Å². The molecule has 7 heteroatoms. The Morgan fingerprint density at radius 1 is 0.966 bits per heavy atom. The zero-order valence-electron chi connectivity index (χ0n) is 15.9. The molecule has 2 saturated heterocycles. The van der Waals surface area contributed by atoms with E-state index in [0.717, 1.165) is 4.90 Å². The van der Waals surface area contributed by atoms with E-state index in [1.54, 1.807) is 12.1 Å². The van der Waals surface area contributed by atoms with Crippen LogP contribution in [0, 0.1) is 5.82 Å². The zero-order chi connectivity index (χ0) is 20.4. The van der Waals surface area contributed by atoms with Gasteiger partial charge in [-0.05, 0) is 49.2 Å². The van der Waals surface area contributed by atoms with Crippen LogP contribution >= 0.6 is 0 Å². The van der Waals surface area contributed by atoms with Crippen molar-refractivity contribution in [3.8, 4) is 0 Å². The molecule has 1 atom stereocenters. The molecule has 0 saturated carbocycles. The molecule has 0 bridgehead atoms. The molecule has 2 fully saturated rings. The van der Waals surface area contributed by atoms with Crippen LogP contribution in [0.2, 0.25) is 0 Å². The monoisotopic (exact) mass is 395 g/mol. The van der Waals surface area contributed by atoms with Gasteiger partial charge in [0.2, 0.25) is 5.91 Å². The van der Waals surface area contributed by atoms with Crippen LogP contribution < -0.4 is 10.2 Å². The summed E-state index contributed by atoms with van der Waals surface area (Å²) in [5.74, 6) is -1.02. The fourth-order valence-corrected chi connectivity index (χ4v) is 3.92. The molecule has 2 aliphatic heterocycles. The number of carbonyl (C=O) groups excluding carboxylic acids is 3. The van der Waals surface area contributed by atoms with Crippen molar-refractivity contribution in [2.75, 3.05) is 18.0 Å². The SMILES string of the molecule is O=C(c1ccccc1)N1CCC(N[C@H]2CC(=O)N(c3ccc(F)cc3)C2=O)CC1. The maximum Gasteiger partial charge on any atom is 0.253 e. The molecule has 2 aromatic rings. The first-order valence-electron chi connectivity index (χ1n) is 9.75. The van der Waals surface area contributed by atoms with Crippen molar-refractivity contribution < 1.29 is 18.8 Å². The lowest BCUT2D eigenvalue weighted by molar-refractivity contribution is -0.121. The first-order valence-corrected chi connectivity index (χ1v) is 9.75. The summed E-state index contributed by atoms with van der Waals surface area (Å²) in [6.07, 6.45) is 1.51. The molecular formula is C22H22FN3O3. The quantitative estimate of drug-likeness (QED) is 0.807. The van der Waals surface area contributed by atoms with Gasteiger partial charge in [0.25, 0.3) is 11.8 Å². The van der Waals surface area contributed by atoms with Crippen LogP contribution in [-0.2, 0) is 9.59 Å². The van der Waals surface area contributed by atoms with Crippen LogP contribution in [0.4, 0.5) is 10.1 Å². The summed E-state index contributed by atoms with van der Waals surface area (Å²) in [4.78, 5) is 40.5. The smallest absolute Gasteiger partial charge is 0.253 e. The number of nitrogens with one attached hydrogen (secondary N) is 1. The topological polar surface area (TPSA) is 69.7 Å². The van der Waals surface area contributed by atoms with Crippen molar-refractivity contribution in [3.05, 3.63) is 66.0 Å². The Morgan fingerprint density at radius 2 is 1.62 bits per heavy atom. The fourth-order valence-electron chi connectivity index (χ4n) is 3.92. The summed E-state index contributed by atoms with van der Waals surface area (Å²) >= 11 is 0. The van der Waals surface area contributed by atoms with E-state index in [2.05, 4.69) is 5.32 Å².